The first kappa shape index (κ1) is 18.0. The van der Waals surface area contributed by atoms with Crippen molar-refractivity contribution in [1.82, 2.24) is 0 Å². The lowest BCUT2D eigenvalue weighted by molar-refractivity contribution is 0.306. The second kappa shape index (κ2) is 9.06. The molecule has 0 aliphatic rings. The molecule has 0 aliphatic heterocycles. The van der Waals surface area contributed by atoms with Crippen LogP contribution in [0.15, 0.2) is 12.1 Å². The molecule has 120 valence electrons. The van der Waals surface area contributed by atoms with Gasteiger partial charge in [0.1, 0.15) is 5.75 Å². The van der Waals surface area contributed by atoms with Crippen LogP contribution in [-0.2, 0) is 0 Å². The maximum absolute atomic E-state index is 6.04. The van der Waals surface area contributed by atoms with E-state index in [0.717, 1.165) is 31.6 Å². The summed E-state index contributed by atoms with van der Waals surface area (Å²) in [5.41, 5.74) is 15.5. The third-order valence-corrected chi connectivity index (χ3v) is 4.12. The number of hydrogen-bond donors (Lipinski definition) is 2. The monoisotopic (exact) mass is 292 g/mol. The molecule has 0 spiro atoms. The summed E-state index contributed by atoms with van der Waals surface area (Å²) in [5.74, 6) is 1.92. The topological polar surface area (TPSA) is 61.3 Å². The van der Waals surface area contributed by atoms with E-state index in [-0.39, 0.29) is 0 Å². The molecule has 0 saturated heterocycles. The number of ether oxygens (including phenoxy) is 1. The van der Waals surface area contributed by atoms with E-state index in [4.69, 9.17) is 16.2 Å². The average Bonchev–Trinajstić information content (AvgIpc) is 2.47. The predicted octanol–water partition coefficient (Wildman–Crippen LogP) is 3.51. The molecule has 0 bridgehead atoms. The Kier molecular flexibility index (Phi) is 7.76. The van der Waals surface area contributed by atoms with Crippen LogP contribution in [0.3, 0.4) is 0 Å². The molecule has 0 heterocycles. The highest BCUT2D eigenvalue weighted by atomic mass is 16.5. The van der Waals surface area contributed by atoms with Gasteiger partial charge in [0.25, 0.3) is 0 Å². The van der Waals surface area contributed by atoms with Gasteiger partial charge in [0, 0.05) is 0 Å². The zero-order chi connectivity index (χ0) is 15.8. The summed E-state index contributed by atoms with van der Waals surface area (Å²) in [6, 6.07) is 4.47. The van der Waals surface area contributed by atoms with Gasteiger partial charge in [0.15, 0.2) is 0 Å². The standard InChI is InChI=1S/C18H32N2O/c1-5-7-21-18-14(4)8-13(3)9-17(18)16(6-2)10-15(11-19)12-20/h8-9,15-16H,5-7,10-12,19-20H2,1-4H3. The van der Waals surface area contributed by atoms with Crippen molar-refractivity contribution in [2.24, 2.45) is 17.4 Å². The minimum Gasteiger partial charge on any atom is -0.493 e. The van der Waals surface area contributed by atoms with Crippen molar-refractivity contribution in [2.45, 2.75) is 52.9 Å². The van der Waals surface area contributed by atoms with Crippen LogP contribution in [0.2, 0.25) is 0 Å². The van der Waals surface area contributed by atoms with Gasteiger partial charge in [-0.3, -0.25) is 0 Å². The molecule has 0 aromatic heterocycles. The highest BCUT2D eigenvalue weighted by Gasteiger charge is 2.20. The van der Waals surface area contributed by atoms with Crippen molar-refractivity contribution in [2.75, 3.05) is 19.7 Å². The molecule has 1 rings (SSSR count). The van der Waals surface area contributed by atoms with Crippen molar-refractivity contribution in [3.05, 3.63) is 28.8 Å². The minimum atomic E-state index is 0.384. The Balaban J connectivity index is 3.10. The summed E-state index contributed by atoms with van der Waals surface area (Å²) in [6.45, 7) is 10.7. The fourth-order valence-corrected chi connectivity index (χ4v) is 2.90. The quantitative estimate of drug-likeness (QED) is 0.732. The number of benzene rings is 1. The molecule has 1 atom stereocenters. The molecule has 1 aromatic rings. The molecule has 21 heavy (non-hydrogen) atoms. The van der Waals surface area contributed by atoms with Crippen LogP contribution in [0, 0.1) is 19.8 Å². The van der Waals surface area contributed by atoms with Gasteiger partial charge in [0.05, 0.1) is 6.61 Å². The molecule has 1 aromatic carbocycles. The van der Waals surface area contributed by atoms with Gasteiger partial charge in [0.2, 0.25) is 0 Å². The number of rotatable bonds is 9. The summed E-state index contributed by atoms with van der Waals surface area (Å²) >= 11 is 0. The molecule has 0 radical (unpaired) electrons. The Bertz CT molecular complexity index is 427. The van der Waals surface area contributed by atoms with E-state index in [1.807, 2.05) is 0 Å². The molecule has 0 saturated carbocycles. The fourth-order valence-electron chi connectivity index (χ4n) is 2.90. The molecule has 3 heteroatoms. The van der Waals surface area contributed by atoms with Crippen LogP contribution < -0.4 is 16.2 Å². The Labute approximate surface area is 130 Å². The van der Waals surface area contributed by atoms with Gasteiger partial charge in [-0.05, 0) is 69.2 Å². The SMILES string of the molecule is CCCOc1c(C)cc(C)cc1C(CC)CC(CN)CN. The summed E-state index contributed by atoms with van der Waals surface area (Å²) in [5, 5.41) is 0. The van der Waals surface area contributed by atoms with Gasteiger partial charge in [-0.15, -0.1) is 0 Å². The van der Waals surface area contributed by atoms with Crippen molar-refractivity contribution < 1.29 is 4.74 Å². The molecule has 4 N–H and O–H groups in total. The first-order valence-corrected chi connectivity index (χ1v) is 8.21. The average molecular weight is 292 g/mol. The van der Waals surface area contributed by atoms with E-state index in [1.54, 1.807) is 0 Å². The fraction of sp³-hybridized carbons (Fsp3) is 0.667. The van der Waals surface area contributed by atoms with Crippen molar-refractivity contribution in [3.63, 3.8) is 0 Å². The highest BCUT2D eigenvalue weighted by molar-refractivity contribution is 5.45. The Hall–Kier alpha value is -1.06. The van der Waals surface area contributed by atoms with Crippen LogP contribution in [-0.4, -0.2) is 19.7 Å². The summed E-state index contributed by atoms with van der Waals surface area (Å²) < 4.78 is 6.04. The molecule has 0 aliphatic carbocycles. The molecular weight excluding hydrogens is 260 g/mol. The van der Waals surface area contributed by atoms with Crippen LogP contribution in [0.5, 0.6) is 5.75 Å². The third kappa shape index (κ3) is 5.01. The lowest BCUT2D eigenvalue weighted by Gasteiger charge is -2.25. The Morgan fingerprint density at radius 3 is 2.29 bits per heavy atom. The number of aryl methyl sites for hydroxylation is 2. The predicted molar refractivity (Wildman–Crippen MR) is 90.9 cm³/mol. The molecule has 0 amide bonds. The zero-order valence-corrected chi connectivity index (χ0v) is 14.1. The molecule has 1 unspecified atom stereocenters. The molecule has 3 nitrogen and oxygen atoms in total. The molecular formula is C18H32N2O. The van der Waals surface area contributed by atoms with E-state index in [0.29, 0.717) is 24.9 Å². The summed E-state index contributed by atoms with van der Waals surface area (Å²) in [7, 11) is 0. The Morgan fingerprint density at radius 2 is 1.76 bits per heavy atom. The van der Waals surface area contributed by atoms with Crippen molar-refractivity contribution in [3.8, 4) is 5.75 Å². The smallest absolute Gasteiger partial charge is 0.125 e. The number of nitrogens with two attached hydrogens (primary N) is 2. The second-order valence-electron chi connectivity index (χ2n) is 6.03. The minimum absolute atomic E-state index is 0.384. The Morgan fingerprint density at radius 1 is 1.10 bits per heavy atom. The van der Waals surface area contributed by atoms with Crippen molar-refractivity contribution in [1.29, 1.82) is 0 Å². The molecule has 0 fully saturated rings. The van der Waals surface area contributed by atoms with Crippen LogP contribution in [0.4, 0.5) is 0 Å². The first-order valence-electron chi connectivity index (χ1n) is 8.21. The van der Waals surface area contributed by atoms with E-state index in [9.17, 15) is 0 Å². The maximum atomic E-state index is 6.04. The van der Waals surface area contributed by atoms with Gasteiger partial charge in [-0.1, -0.05) is 31.5 Å². The lowest BCUT2D eigenvalue weighted by atomic mass is 9.85. The lowest BCUT2D eigenvalue weighted by Crippen LogP contribution is -2.25. The van der Waals surface area contributed by atoms with Gasteiger partial charge >= 0.3 is 0 Å². The first-order chi connectivity index (χ1) is 10.1. The van der Waals surface area contributed by atoms with Crippen molar-refractivity contribution >= 4 is 0 Å². The van der Waals surface area contributed by atoms with Crippen LogP contribution in [0.25, 0.3) is 0 Å². The maximum Gasteiger partial charge on any atom is 0.125 e. The normalized spacial score (nSPS) is 12.7. The second-order valence-corrected chi connectivity index (χ2v) is 6.03. The largest absolute Gasteiger partial charge is 0.493 e. The van der Waals surface area contributed by atoms with Gasteiger partial charge < -0.3 is 16.2 Å². The number of hydrogen-bond acceptors (Lipinski definition) is 3. The van der Waals surface area contributed by atoms with Gasteiger partial charge in [-0.25, -0.2) is 0 Å². The van der Waals surface area contributed by atoms with E-state index < -0.39 is 0 Å². The van der Waals surface area contributed by atoms with Crippen LogP contribution >= 0.6 is 0 Å². The van der Waals surface area contributed by atoms with E-state index in [1.165, 1.54) is 16.7 Å². The van der Waals surface area contributed by atoms with Crippen LogP contribution in [0.1, 0.15) is 55.7 Å². The van der Waals surface area contributed by atoms with E-state index in [2.05, 4.69) is 39.8 Å². The highest BCUT2D eigenvalue weighted by Crippen LogP contribution is 2.36. The summed E-state index contributed by atoms with van der Waals surface area (Å²) in [4.78, 5) is 0. The van der Waals surface area contributed by atoms with Gasteiger partial charge in [-0.2, -0.15) is 0 Å². The van der Waals surface area contributed by atoms with E-state index >= 15 is 0 Å². The zero-order valence-electron chi connectivity index (χ0n) is 14.1. The summed E-state index contributed by atoms with van der Waals surface area (Å²) in [6.07, 6.45) is 3.15. The third-order valence-electron chi connectivity index (χ3n) is 4.12.